The minimum atomic E-state index is -1.06. The van der Waals surface area contributed by atoms with Crippen molar-refractivity contribution in [2.24, 2.45) is 5.84 Å². The Hall–Kier alpha value is -2.06. The van der Waals surface area contributed by atoms with Crippen LogP contribution < -0.4 is 16.6 Å². The number of nitrogens with one attached hydrogen (secondary N) is 2. The van der Waals surface area contributed by atoms with Crippen LogP contribution in [0.15, 0.2) is 34.9 Å². The van der Waals surface area contributed by atoms with Gasteiger partial charge in [0, 0.05) is 17.9 Å². The molecule has 0 aliphatic heterocycles. The predicted molar refractivity (Wildman–Crippen MR) is 131 cm³/mol. The molecule has 0 radical (unpaired) electrons. The van der Waals surface area contributed by atoms with Gasteiger partial charge in [-0.05, 0) is 53.4 Å². The van der Waals surface area contributed by atoms with Crippen molar-refractivity contribution in [3.05, 3.63) is 34.9 Å². The number of aliphatic carboxylic acids is 1. The fourth-order valence-electron chi connectivity index (χ4n) is 2.50. The third-order valence-corrected chi connectivity index (χ3v) is 5.29. The summed E-state index contributed by atoms with van der Waals surface area (Å²) in [6, 6.07) is -0.790. The van der Waals surface area contributed by atoms with E-state index >= 15 is 0 Å². The zero-order valence-electron chi connectivity index (χ0n) is 18.6. The molecule has 5 N–H and O–H groups in total. The van der Waals surface area contributed by atoms with Crippen LogP contribution in [0, 0.1) is 0 Å². The number of rotatable bonds is 15. The molecule has 178 valence electrons. The first-order valence-electron chi connectivity index (χ1n) is 10.2. The number of nitrogens with two attached hydrogens (primary N) is 1. The Labute approximate surface area is 192 Å². The maximum Gasteiger partial charge on any atom is 0.303 e. The molecule has 0 aromatic heterocycles. The molecule has 0 bridgehead atoms. The first kappa shape index (κ1) is 31.1. The number of hydrogen-bond acceptors (Lipinski definition) is 5. The van der Waals surface area contributed by atoms with Gasteiger partial charge in [0.15, 0.2) is 0 Å². The third-order valence-electron chi connectivity index (χ3n) is 4.32. The first-order chi connectivity index (χ1) is 14.1. The Bertz CT molecular complexity index is 653. The van der Waals surface area contributed by atoms with E-state index in [-0.39, 0.29) is 20.3 Å². The molecule has 8 heteroatoms. The van der Waals surface area contributed by atoms with Crippen molar-refractivity contribution in [3.63, 3.8) is 0 Å². The highest BCUT2D eigenvalue weighted by molar-refractivity contribution is 7.99. The SMILES string of the molecule is C.CC(C)=CCC/C(C)=C/CC/C(C)=C/CSC[C@H](NC(=O)CCC(=O)O)C(=O)NN. The van der Waals surface area contributed by atoms with Crippen molar-refractivity contribution in [2.75, 3.05) is 11.5 Å². The number of hydrazine groups is 1. The summed E-state index contributed by atoms with van der Waals surface area (Å²) in [5, 5.41) is 11.2. The second kappa shape index (κ2) is 18.7. The molecule has 0 fully saturated rings. The second-order valence-corrected chi connectivity index (χ2v) is 8.59. The quantitative estimate of drug-likeness (QED) is 0.0969. The highest BCUT2D eigenvalue weighted by Gasteiger charge is 2.20. The van der Waals surface area contributed by atoms with Crippen LogP contribution in [-0.2, 0) is 14.4 Å². The third kappa shape index (κ3) is 18.4. The molecule has 2 amide bonds. The topological polar surface area (TPSA) is 122 Å². The van der Waals surface area contributed by atoms with Crippen molar-refractivity contribution in [1.29, 1.82) is 0 Å². The Morgan fingerprint density at radius 3 is 2.06 bits per heavy atom. The summed E-state index contributed by atoms with van der Waals surface area (Å²) in [5.74, 6) is 4.21. The van der Waals surface area contributed by atoms with E-state index in [4.69, 9.17) is 10.9 Å². The van der Waals surface area contributed by atoms with Crippen molar-refractivity contribution in [1.82, 2.24) is 10.7 Å². The van der Waals surface area contributed by atoms with E-state index in [9.17, 15) is 14.4 Å². The van der Waals surface area contributed by atoms with Crippen LogP contribution in [-0.4, -0.2) is 40.4 Å². The number of carboxylic acid groups (broad SMARTS) is 1. The average Bonchev–Trinajstić information content (AvgIpc) is 2.67. The Morgan fingerprint density at radius 2 is 1.52 bits per heavy atom. The number of amides is 2. The predicted octanol–water partition coefficient (Wildman–Crippen LogP) is 4.11. The summed E-state index contributed by atoms with van der Waals surface area (Å²) in [6.07, 6.45) is 10.4. The van der Waals surface area contributed by atoms with Crippen LogP contribution >= 0.6 is 11.8 Å². The van der Waals surface area contributed by atoms with Crippen molar-refractivity contribution < 1.29 is 19.5 Å². The van der Waals surface area contributed by atoms with E-state index in [0.717, 1.165) is 25.7 Å². The summed E-state index contributed by atoms with van der Waals surface area (Å²) in [6.45, 7) is 8.48. The lowest BCUT2D eigenvalue weighted by Crippen LogP contribution is -2.50. The van der Waals surface area contributed by atoms with Crippen LogP contribution in [0.5, 0.6) is 0 Å². The van der Waals surface area contributed by atoms with E-state index in [2.05, 4.69) is 51.2 Å². The maximum absolute atomic E-state index is 11.8. The molecule has 0 aliphatic rings. The average molecular weight is 456 g/mol. The smallest absolute Gasteiger partial charge is 0.303 e. The highest BCUT2D eigenvalue weighted by atomic mass is 32.2. The molecule has 0 aromatic rings. The number of hydrogen-bond donors (Lipinski definition) is 4. The lowest BCUT2D eigenvalue weighted by molar-refractivity contribution is -0.139. The molecule has 0 aromatic carbocycles. The maximum atomic E-state index is 11.8. The number of thioether (sulfide) groups is 1. The number of allylic oxidation sites excluding steroid dienone is 5. The van der Waals surface area contributed by atoms with Gasteiger partial charge in [-0.2, -0.15) is 11.8 Å². The zero-order valence-corrected chi connectivity index (χ0v) is 19.4. The van der Waals surface area contributed by atoms with Crippen LogP contribution in [0.2, 0.25) is 0 Å². The van der Waals surface area contributed by atoms with Crippen LogP contribution in [0.3, 0.4) is 0 Å². The molecule has 0 spiro atoms. The molecule has 0 saturated heterocycles. The van der Waals surface area contributed by atoms with Gasteiger partial charge in [-0.3, -0.25) is 19.8 Å². The van der Waals surface area contributed by atoms with Gasteiger partial charge in [-0.1, -0.05) is 42.4 Å². The monoisotopic (exact) mass is 455 g/mol. The molecule has 7 nitrogen and oxygen atoms in total. The lowest BCUT2D eigenvalue weighted by Gasteiger charge is -2.16. The van der Waals surface area contributed by atoms with E-state index in [1.54, 1.807) is 0 Å². The Kier molecular flexibility index (Phi) is 18.8. The van der Waals surface area contributed by atoms with Gasteiger partial charge >= 0.3 is 5.97 Å². The minimum Gasteiger partial charge on any atom is -0.481 e. The Morgan fingerprint density at radius 1 is 0.935 bits per heavy atom. The number of carbonyl (C=O) groups is 3. The molecule has 0 saturated carbocycles. The molecular formula is C23H41N3O4S. The van der Waals surface area contributed by atoms with Crippen molar-refractivity contribution in [3.8, 4) is 0 Å². The highest BCUT2D eigenvalue weighted by Crippen LogP contribution is 2.13. The molecule has 0 aliphatic carbocycles. The summed E-state index contributed by atoms with van der Waals surface area (Å²) in [4.78, 5) is 34.1. The van der Waals surface area contributed by atoms with Gasteiger partial charge in [0.1, 0.15) is 6.04 Å². The van der Waals surface area contributed by atoms with Gasteiger partial charge in [0.25, 0.3) is 5.91 Å². The standard InChI is InChI=1S/C22H37N3O4S.CH4/c1-16(2)7-5-8-17(3)9-6-10-18(4)13-14-30-15-19(22(29)25-23)24-20(26)11-12-21(27)28;/h7,9,13,19H,5-6,8,10-12,14-15,23H2,1-4H3,(H,24,26)(H,25,29)(H,27,28);1H4/b17-9+,18-13+;/t19-;/m0./s1. The first-order valence-corrected chi connectivity index (χ1v) is 11.3. The normalized spacial score (nSPS) is 12.4. The fraction of sp³-hybridized carbons (Fsp3) is 0.609. The lowest BCUT2D eigenvalue weighted by atomic mass is 10.1. The zero-order chi connectivity index (χ0) is 22.9. The van der Waals surface area contributed by atoms with Crippen LogP contribution in [0.4, 0.5) is 0 Å². The van der Waals surface area contributed by atoms with E-state index < -0.39 is 23.8 Å². The van der Waals surface area contributed by atoms with Crippen LogP contribution in [0.25, 0.3) is 0 Å². The summed E-state index contributed by atoms with van der Waals surface area (Å²) < 4.78 is 0. The molecule has 0 heterocycles. The molecule has 1 atom stereocenters. The molecule has 0 unspecified atom stereocenters. The van der Waals surface area contributed by atoms with Gasteiger partial charge in [0.2, 0.25) is 5.91 Å². The number of carbonyl (C=O) groups excluding carboxylic acids is 2. The van der Waals surface area contributed by atoms with E-state index in [0.29, 0.717) is 11.5 Å². The Balaban J connectivity index is 0. The molecule has 31 heavy (non-hydrogen) atoms. The van der Waals surface area contributed by atoms with Gasteiger partial charge in [0.05, 0.1) is 6.42 Å². The van der Waals surface area contributed by atoms with E-state index in [1.165, 1.54) is 28.5 Å². The fourth-order valence-corrected chi connectivity index (χ4v) is 3.51. The summed E-state index contributed by atoms with van der Waals surface area (Å²) in [5.41, 5.74) is 6.07. The van der Waals surface area contributed by atoms with Gasteiger partial charge < -0.3 is 10.4 Å². The van der Waals surface area contributed by atoms with Crippen molar-refractivity contribution in [2.45, 2.75) is 79.7 Å². The summed E-state index contributed by atoms with van der Waals surface area (Å²) in [7, 11) is 0. The van der Waals surface area contributed by atoms with Crippen molar-refractivity contribution >= 4 is 29.5 Å². The van der Waals surface area contributed by atoms with Crippen LogP contribution in [0.1, 0.15) is 73.6 Å². The van der Waals surface area contributed by atoms with Gasteiger partial charge in [-0.15, -0.1) is 0 Å². The second-order valence-electron chi connectivity index (χ2n) is 7.52. The van der Waals surface area contributed by atoms with E-state index in [1.807, 2.05) is 5.43 Å². The molecule has 0 rings (SSSR count). The largest absolute Gasteiger partial charge is 0.481 e. The minimum absolute atomic E-state index is 0. The number of carboxylic acids is 1. The van der Waals surface area contributed by atoms with Gasteiger partial charge in [-0.25, -0.2) is 5.84 Å². The molecular weight excluding hydrogens is 414 g/mol. The summed E-state index contributed by atoms with van der Waals surface area (Å²) >= 11 is 1.51.